The van der Waals surface area contributed by atoms with Gasteiger partial charge in [0.15, 0.2) is 0 Å². The molecule has 4 nitrogen and oxygen atoms in total. The molecule has 0 spiro atoms. The van der Waals surface area contributed by atoms with Gasteiger partial charge in [0.2, 0.25) is 0 Å². The molecule has 0 bridgehead atoms. The predicted molar refractivity (Wildman–Crippen MR) is 101 cm³/mol. The zero-order chi connectivity index (χ0) is 14.5. The van der Waals surface area contributed by atoms with Crippen LogP contribution in [0.15, 0.2) is 35.8 Å². The molecular formula is C16H23Cl2N3OS. The van der Waals surface area contributed by atoms with Crippen LogP contribution in [0.5, 0.6) is 0 Å². The Balaban J connectivity index is 0.00000132. The molecule has 2 heterocycles. The Labute approximate surface area is 153 Å². The van der Waals surface area contributed by atoms with Gasteiger partial charge in [-0.15, -0.1) is 36.2 Å². The molecule has 1 fully saturated rings. The van der Waals surface area contributed by atoms with Crippen LogP contribution >= 0.6 is 36.2 Å². The molecule has 1 saturated heterocycles. The molecule has 1 aromatic heterocycles. The molecule has 128 valence electrons. The van der Waals surface area contributed by atoms with Crippen molar-refractivity contribution in [1.82, 2.24) is 15.6 Å². The number of hydrogen-bond acceptors (Lipinski definition) is 5. The van der Waals surface area contributed by atoms with Crippen molar-refractivity contribution in [3.8, 4) is 10.6 Å². The zero-order valence-electron chi connectivity index (χ0n) is 12.8. The Morgan fingerprint density at radius 1 is 1.22 bits per heavy atom. The average molecular weight is 376 g/mol. The molecule has 0 saturated carbocycles. The van der Waals surface area contributed by atoms with Gasteiger partial charge in [-0.3, -0.25) is 0 Å². The zero-order valence-corrected chi connectivity index (χ0v) is 15.2. The Hall–Kier alpha value is -0.690. The van der Waals surface area contributed by atoms with Crippen LogP contribution in [0, 0.1) is 0 Å². The van der Waals surface area contributed by atoms with Gasteiger partial charge in [-0.1, -0.05) is 24.3 Å². The first-order valence-corrected chi connectivity index (χ1v) is 8.33. The van der Waals surface area contributed by atoms with E-state index in [-0.39, 0.29) is 24.8 Å². The average Bonchev–Trinajstić information content (AvgIpc) is 3.08. The van der Waals surface area contributed by atoms with Gasteiger partial charge < -0.3 is 15.7 Å². The lowest BCUT2D eigenvalue weighted by molar-refractivity contribution is 0.166. The van der Waals surface area contributed by atoms with Crippen LogP contribution in [0.1, 0.15) is 24.5 Å². The number of nitrogens with zero attached hydrogens (tertiary/aromatic N) is 1. The van der Waals surface area contributed by atoms with E-state index in [2.05, 4.69) is 15.6 Å². The lowest BCUT2D eigenvalue weighted by Gasteiger charge is -2.25. The molecule has 7 heteroatoms. The molecule has 1 atom stereocenters. The standard InChI is InChI=1S/C16H21N3OS.2ClH/c20-15(11-19-14-5-7-17-8-6-14)12-1-3-13(4-2-12)16-18-9-10-21-16;;/h1-4,9-10,14-15,17,19-20H,5-8,11H2;2*1H. The number of aromatic nitrogens is 1. The van der Waals surface area contributed by atoms with E-state index in [4.69, 9.17) is 0 Å². The van der Waals surface area contributed by atoms with Crippen LogP contribution < -0.4 is 10.6 Å². The van der Waals surface area contributed by atoms with Crippen LogP contribution in [0.25, 0.3) is 10.6 Å². The number of aliphatic hydroxyl groups excluding tert-OH is 1. The lowest BCUT2D eigenvalue weighted by atomic mass is 10.0. The van der Waals surface area contributed by atoms with Gasteiger partial charge in [0.05, 0.1) is 6.10 Å². The Morgan fingerprint density at radius 2 is 1.91 bits per heavy atom. The Kier molecular flexibility index (Phi) is 9.06. The van der Waals surface area contributed by atoms with Gasteiger partial charge in [-0.05, 0) is 31.5 Å². The molecule has 1 aromatic carbocycles. The fraction of sp³-hybridized carbons (Fsp3) is 0.438. The summed E-state index contributed by atoms with van der Waals surface area (Å²) in [5.41, 5.74) is 2.06. The third-order valence-electron chi connectivity index (χ3n) is 3.91. The number of thiazole rings is 1. The van der Waals surface area contributed by atoms with Gasteiger partial charge in [0.25, 0.3) is 0 Å². The molecule has 1 aliphatic heterocycles. The van der Waals surface area contributed by atoms with Crippen molar-refractivity contribution >= 4 is 36.2 Å². The first-order chi connectivity index (χ1) is 10.3. The maximum absolute atomic E-state index is 10.3. The molecule has 2 aromatic rings. The third kappa shape index (κ3) is 5.71. The fourth-order valence-corrected chi connectivity index (χ4v) is 3.28. The summed E-state index contributed by atoms with van der Waals surface area (Å²) in [6.45, 7) is 2.74. The van der Waals surface area contributed by atoms with Crippen molar-refractivity contribution in [2.45, 2.75) is 25.0 Å². The van der Waals surface area contributed by atoms with Crippen molar-refractivity contribution in [2.24, 2.45) is 0 Å². The normalized spacial score (nSPS) is 16.2. The maximum Gasteiger partial charge on any atom is 0.123 e. The molecule has 3 rings (SSSR count). The Bertz CT molecular complexity index is 545. The number of hydrogen-bond donors (Lipinski definition) is 3. The highest BCUT2D eigenvalue weighted by Gasteiger charge is 2.15. The molecule has 3 N–H and O–H groups in total. The first-order valence-electron chi connectivity index (χ1n) is 7.45. The quantitative estimate of drug-likeness (QED) is 0.751. The van der Waals surface area contributed by atoms with Gasteiger partial charge >= 0.3 is 0 Å². The summed E-state index contributed by atoms with van der Waals surface area (Å²) in [5.74, 6) is 0. The van der Waals surface area contributed by atoms with Gasteiger partial charge in [-0.25, -0.2) is 4.98 Å². The molecule has 1 aliphatic rings. The summed E-state index contributed by atoms with van der Waals surface area (Å²) < 4.78 is 0. The summed E-state index contributed by atoms with van der Waals surface area (Å²) in [6, 6.07) is 8.57. The maximum atomic E-state index is 10.3. The third-order valence-corrected chi connectivity index (χ3v) is 4.74. The number of halogens is 2. The number of rotatable bonds is 5. The van der Waals surface area contributed by atoms with E-state index in [1.54, 1.807) is 11.3 Å². The van der Waals surface area contributed by atoms with E-state index in [1.807, 2.05) is 35.8 Å². The number of nitrogens with one attached hydrogen (secondary N) is 2. The van der Waals surface area contributed by atoms with Crippen molar-refractivity contribution in [2.75, 3.05) is 19.6 Å². The monoisotopic (exact) mass is 375 g/mol. The summed E-state index contributed by atoms with van der Waals surface area (Å²) >= 11 is 1.63. The topological polar surface area (TPSA) is 57.2 Å². The number of piperidine rings is 1. The second kappa shape index (κ2) is 10.2. The summed E-state index contributed by atoms with van der Waals surface area (Å²) in [6.07, 6.45) is 3.63. The van der Waals surface area contributed by atoms with Gasteiger partial charge in [-0.2, -0.15) is 0 Å². The molecule has 23 heavy (non-hydrogen) atoms. The van der Waals surface area contributed by atoms with E-state index >= 15 is 0 Å². The molecule has 1 unspecified atom stereocenters. The Morgan fingerprint density at radius 3 is 2.52 bits per heavy atom. The second-order valence-corrected chi connectivity index (χ2v) is 6.30. The SMILES string of the molecule is Cl.Cl.OC(CNC1CCNCC1)c1ccc(-c2nccs2)cc1. The van der Waals surface area contributed by atoms with E-state index in [9.17, 15) is 5.11 Å². The smallest absolute Gasteiger partial charge is 0.123 e. The number of aliphatic hydroxyl groups is 1. The molecule has 0 radical (unpaired) electrons. The highest BCUT2D eigenvalue weighted by molar-refractivity contribution is 7.13. The summed E-state index contributed by atoms with van der Waals surface area (Å²) in [4.78, 5) is 4.30. The van der Waals surface area contributed by atoms with Crippen LogP contribution in [-0.2, 0) is 0 Å². The van der Waals surface area contributed by atoms with Crippen LogP contribution in [0.2, 0.25) is 0 Å². The second-order valence-electron chi connectivity index (χ2n) is 5.41. The predicted octanol–water partition coefficient (Wildman–Crippen LogP) is 3.03. The van der Waals surface area contributed by atoms with Gasteiger partial charge in [0.1, 0.15) is 5.01 Å². The van der Waals surface area contributed by atoms with Crippen molar-refractivity contribution in [1.29, 1.82) is 0 Å². The summed E-state index contributed by atoms with van der Waals surface area (Å²) in [7, 11) is 0. The lowest BCUT2D eigenvalue weighted by Crippen LogP contribution is -2.41. The highest BCUT2D eigenvalue weighted by atomic mass is 35.5. The van der Waals surface area contributed by atoms with E-state index < -0.39 is 6.10 Å². The fourth-order valence-electron chi connectivity index (χ4n) is 2.64. The highest BCUT2D eigenvalue weighted by Crippen LogP contribution is 2.23. The van der Waals surface area contributed by atoms with Crippen LogP contribution in [0.4, 0.5) is 0 Å². The number of benzene rings is 1. The van der Waals surface area contributed by atoms with E-state index in [0.29, 0.717) is 12.6 Å². The minimum atomic E-state index is -0.453. The molecule has 0 amide bonds. The van der Waals surface area contributed by atoms with E-state index in [1.165, 1.54) is 0 Å². The minimum Gasteiger partial charge on any atom is -0.387 e. The van der Waals surface area contributed by atoms with Gasteiger partial charge in [0, 0.05) is 29.7 Å². The van der Waals surface area contributed by atoms with Crippen molar-refractivity contribution < 1.29 is 5.11 Å². The van der Waals surface area contributed by atoms with Crippen molar-refractivity contribution in [3.63, 3.8) is 0 Å². The van der Waals surface area contributed by atoms with Crippen LogP contribution in [0.3, 0.4) is 0 Å². The van der Waals surface area contributed by atoms with E-state index in [0.717, 1.165) is 42.1 Å². The minimum absolute atomic E-state index is 0. The molecule has 0 aliphatic carbocycles. The van der Waals surface area contributed by atoms with Crippen LogP contribution in [-0.4, -0.2) is 35.8 Å². The summed E-state index contributed by atoms with van der Waals surface area (Å²) in [5, 5.41) is 20.1. The van der Waals surface area contributed by atoms with Crippen molar-refractivity contribution in [3.05, 3.63) is 41.4 Å². The first kappa shape index (κ1) is 20.4. The largest absolute Gasteiger partial charge is 0.387 e. The molecular weight excluding hydrogens is 353 g/mol.